The predicted octanol–water partition coefficient (Wildman–Crippen LogP) is 2.58. The highest BCUT2D eigenvalue weighted by atomic mass is 32.2. The summed E-state index contributed by atoms with van der Waals surface area (Å²) in [7, 11) is -1.96. The van der Waals surface area contributed by atoms with Gasteiger partial charge in [0, 0.05) is 43.5 Å². The second kappa shape index (κ2) is 8.56. The smallest absolute Gasteiger partial charge is 0.243 e. The van der Waals surface area contributed by atoms with Crippen LogP contribution < -0.4 is 4.74 Å². The third kappa shape index (κ3) is 4.43. The van der Waals surface area contributed by atoms with Crippen molar-refractivity contribution in [1.82, 2.24) is 9.21 Å². The van der Waals surface area contributed by atoms with Crippen molar-refractivity contribution in [3.63, 3.8) is 0 Å². The van der Waals surface area contributed by atoms with Crippen LogP contribution in [0.3, 0.4) is 0 Å². The van der Waals surface area contributed by atoms with Crippen molar-refractivity contribution in [2.24, 2.45) is 0 Å². The van der Waals surface area contributed by atoms with Crippen molar-refractivity contribution in [1.29, 1.82) is 0 Å². The van der Waals surface area contributed by atoms with Crippen molar-refractivity contribution in [3.05, 3.63) is 36.4 Å². The van der Waals surface area contributed by atoms with E-state index in [9.17, 15) is 8.42 Å². The standard InChI is InChI=1S/C20H28N2O4S/c1-16(2)26-15-14-21-10-12-22(13-11-21)27(23,24)20-9-8-19(25-3)17-6-4-5-7-18(17)20/h4-9,16H,10-15H2,1-3H3. The van der Waals surface area contributed by atoms with E-state index in [1.54, 1.807) is 23.5 Å². The number of piperazine rings is 1. The quantitative estimate of drug-likeness (QED) is 0.725. The Morgan fingerprint density at radius 3 is 2.30 bits per heavy atom. The van der Waals surface area contributed by atoms with Gasteiger partial charge in [0.1, 0.15) is 5.75 Å². The summed E-state index contributed by atoms with van der Waals surface area (Å²) in [5.74, 6) is 0.680. The van der Waals surface area contributed by atoms with Crippen LogP contribution in [-0.2, 0) is 14.8 Å². The van der Waals surface area contributed by atoms with E-state index < -0.39 is 10.0 Å². The van der Waals surface area contributed by atoms with Crippen molar-refractivity contribution in [2.75, 3.05) is 46.4 Å². The summed E-state index contributed by atoms with van der Waals surface area (Å²) < 4.78 is 39.1. The van der Waals surface area contributed by atoms with Gasteiger partial charge in [-0.1, -0.05) is 24.3 Å². The Kier molecular flexibility index (Phi) is 6.37. The molecule has 0 spiro atoms. The molecule has 0 radical (unpaired) electrons. The zero-order chi connectivity index (χ0) is 19.4. The highest BCUT2D eigenvalue weighted by Crippen LogP contribution is 2.32. The molecule has 3 rings (SSSR count). The van der Waals surface area contributed by atoms with Crippen LogP contribution in [0.1, 0.15) is 13.8 Å². The van der Waals surface area contributed by atoms with E-state index in [1.165, 1.54) is 0 Å². The van der Waals surface area contributed by atoms with Crippen molar-refractivity contribution in [2.45, 2.75) is 24.8 Å². The summed E-state index contributed by atoms with van der Waals surface area (Å²) in [6, 6.07) is 10.9. The van der Waals surface area contributed by atoms with Gasteiger partial charge < -0.3 is 9.47 Å². The maximum Gasteiger partial charge on any atom is 0.243 e. The van der Waals surface area contributed by atoms with Crippen molar-refractivity contribution in [3.8, 4) is 5.75 Å². The van der Waals surface area contributed by atoms with Crippen molar-refractivity contribution >= 4 is 20.8 Å². The fourth-order valence-electron chi connectivity index (χ4n) is 3.40. The van der Waals surface area contributed by atoms with E-state index in [4.69, 9.17) is 9.47 Å². The van der Waals surface area contributed by atoms with Gasteiger partial charge in [-0.15, -0.1) is 0 Å². The number of nitrogens with zero attached hydrogens (tertiary/aromatic N) is 2. The van der Waals surface area contributed by atoms with E-state index in [-0.39, 0.29) is 6.10 Å². The minimum absolute atomic E-state index is 0.218. The van der Waals surface area contributed by atoms with Crippen LogP contribution in [0, 0.1) is 0 Å². The van der Waals surface area contributed by atoms with Gasteiger partial charge in [0.2, 0.25) is 10.0 Å². The largest absolute Gasteiger partial charge is 0.496 e. The Labute approximate surface area is 161 Å². The number of ether oxygens (including phenoxy) is 2. The first kappa shape index (κ1) is 20.1. The van der Waals surface area contributed by atoms with Gasteiger partial charge in [0.25, 0.3) is 0 Å². The minimum Gasteiger partial charge on any atom is -0.496 e. The molecule has 1 saturated heterocycles. The van der Waals surface area contributed by atoms with E-state index in [2.05, 4.69) is 4.90 Å². The molecular weight excluding hydrogens is 364 g/mol. The van der Waals surface area contributed by atoms with Crippen LogP contribution in [0.4, 0.5) is 0 Å². The Balaban J connectivity index is 1.76. The van der Waals surface area contributed by atoms with Crippen molar-refractivity contribution < 1.29 is 17.9 Å². The van der Waals surface area contributed by atoms with E-state index in [0.29, 0.717) is 35.7 Å². The summed E-state index contributed by atoms with van der Waals surface area (Å²) in [6.07, 6.45) is 0.218. The molecule has 0 amide bonds. The average molecular weight is 393 g/mol. The number of rotatable bonds is 7. The van der Waals surface area contributed by atoms with Crippen LogP contribution in [0.25, 0.3) is 10.8 Å². The maximum atomic E-state index is 13.3. The summed E-state index contributed by atoms with van der Waals surface area (Å²) in [6.45, 7) is 7.96. The number of methoxy groups -OCH3 is 1. The topological polar surface area (TPSA) is 59.1 Å². The first-order valence-electron chi connectivity index (χ1n) is 9.33. The molecule has 0 atom stereocenters. The monoisotopic (exact) mass is 392 g/mol. The molecule has 1 aliphatic rings. The Bertz CT molecular complexity index is 875. The first-order chi connectivity index (χ1) is 12.9. The average Bonchev–Trinajstić information content (AvgIpc) is 2.67. The molecule has 27 heavy (non-hydrogen) atoms. The molecule has 0 aliphatic carbocycles. The molecule has 7 heteroatoms. The summed E-state index contributed by atoms with van der Waals surface area (Å²) in [5.41, 5.74) is 0. The first-order valence-corrected chi connectivity index (χ1v) is 10.8. The molecule has 2 aromatic carbocycles. The van der Waals surface area contributed by atoms with Gasteiger partial charge in [-0.2, -0.15) is 4.31 Å². The van der Waals surface area contributed by atoms with E-state index in [1.807, 2.05) is 38.1 Å². The number of hydrogen-bond donors (Lipinski definition) is 0. The molecule has 2 aromatic rings. The molecular formula is C20H28N2O4S. The predicted molar refractivity (Wildman–Crippen MR) is 107 cm³/mol. The highest BCUT2D eigenvalue weighted by Gasteiger charge is 2.30. The van der Waals surface area contributed by atoms with Gasteiger partial charge >= 0.3 is 0 Å². The Morgan fingerprint density at radius 1 is 1.00 bits per heavy atom. The van der Waals surface area contributed by atoms with Crippen LogP contribution in [-0.4, -0.2) is 70.2 Å². The molecule has 0 unspecified atom stereocenters. The third-order valence-corrected chi connectivity index (χ3v) is 6.83. The lowest BCUT2D eigenvalue weighted by atomic mass is 10.1. The zero-order valence-electron chi connectivity index (χ0n) is 16.2. The highest BCUT2D eigenvalue weighted by molar-refractivity contribution is 7.89. The summed E-state index contributed by atoms with van der Waals surface area (Å²) in [4.78, 5) is 2.59. The van der Waals surface area contributed by atoms with Crippen LogP contribution in [0.2, 0.25) is 0 Å². The van der Waals surface area contributed by atoms with Gasteiger partial charge in [-0.25, -0.2) is 8.42 Å². The fraction of sp³-hybridized carbons (Fsp3) is 0.500. The van der Waals surface area contributed by atoms with E-state index >= 15 is 0 Å². The summed E-state index contributed by atoms with van der Waals surface area (Å²) >= 11 is 0. The molecule has 148 valence electrons. The fourth-order valence-corrected chi connectivity index (χ4v) is 5.01. The Morgan fingerprint density at radius 2 is 1.67 bits per heavy atom. The lowest BCUT2D eigenvalue weighted by Gasteiger charge is -2.34. The van der Waals surface area contributed by atoms with Gasteiger partial charge in [0.15, 0.2) is 0 Å². The molecule has 0 bridgehead atoms. The molecule has 1 fully saturated rings. The lowest BCUT2D eigenvalue weighted by Crippen LogP contribution is -2.49. The lowest BCUT2D eigenvalue weighted by molar-refractivity contribution is 0.0521. The molecule has 0 saturated carbocycles. The number of sulfonamides is 1. The summed E-state index contributed by atoms with van der Waals surface area (Å²) in [5, 5.41) is 1.51. The van der Waals surface area contributed by atoms with E-state index in [0.717, 1.165) is 25.0 Å². The second-order valence-electron chi connectivity index (χ2n) is 6.98. The Hall–Kier alpha value is -1.67. The van der Waals surface area contributed by atoms with Crippen LogP contribution in [0.5, 0.6) is 5.75 Å². The van der Waals surface area contributed by atoms with Crippen LogP contribution in [0.15, 0.2) is 41.3 Å². The van der Waals surface area contributed by atoms with Gasteiger partial charge in [0.05, 0.1) is 24.7 Å². The molecule has 1 aliphatic heterocycles. The molecule has 0 N–H and O–H groups in total. The molecule has 6 nitrogen and oxygen atoms in total. The minimum atomic E-state index is -3.55. The molecule has 1 heterocycles. The normalized spacial score (nSPS) is 16.9. The SMILES string of the molecule is COc1ccc(S(=O)(=O)N2CCN(CCOC(C)C)CC2)c2ccccc12. The number of hydrogen-bond acceptors (Lipinski definition) is 5. The van der Waals surface area contributed by atoms with Crippen LogP contribution >= 0.6 is 0 Å². The maximum absolute atomic E-state index is 13.3. The number of benzene rings is 2. The molecule has 0 aromatic heterocycles. The zero-order valence-corrected chi connectivity index (χ0v) is 17.0. The number of fused-ring (bicyclic) bond motifs is 1. The van der Waals surface area contributed by atoms with Gasteiger partial charge in [-0.05, 0) is 26.0 Å². The third-order valence-electron chi connectivity index (χ3n) is 4.87. The second-order valence-corrected chi connectivity index (χ2v) is 8.88. The van der Waals surface area contributed by atoms with Gasteiger partial charge in [-0.3, -0.25) is 4.90 Å².